The highest BCUT2D eigenvalue weighted by atomic mass is 16.3. The highest BCUT2D eigenvalue weighted by Gasteiger charge is 2.20. The van der Waals surface area contributed by atoms with Gasteiger partial charge in [-0.2, -0.15) is 0 Å². The van der Waals surface area contributed by atoms with Crippen LogP contribution < -0.4 is 0 Å². The van der Waals surface area contributed by atoms with Crippen LogP contribution in [-0.2, 0) is 6.42 Å². The molecule has 0 N–H and O–H groups in total. The smallest absolute Gasteiger partial charge is 0.167 e. The lowest BCUT2D eigenvalue weighted by molar-refractivity contribution is 0.669. The molecule has 0 aliphatic heterocycles. The maximum Gasteiger partial charge on any atom is 0.167 e. The summed E-state index contributed by atoms with van der Waals surface area (Å²) in [5, 5.41) is 2.09. The van der Waals surface area contributed by atoms with Gasteiger partial charge in [0.05, 0.1) is 5.56 Å². The van der Waals surface area contributed by atoms with Crippen LogP contribution in [0.15, 0.2) is 120 Å². The molecule has 0 saturated carbocycles. The molecule has 7 aromatic rings. The molecule has 39 heavy (non-hydrogen) atoms. The van der Waals surface area contributed by atoms with Gasteiger partial charge in [0, 0.05) is 34.3 Å². The van der Waals surface area contributed by atoms with Crippen molar-refractivity contribution in [1.82, 2.24) is 19.9 Å². The van der Waals surface area contributed by atoms with Crippen molar-refractivity contribution in [3.05, 3.63) is 121 Å². The van der Waals surface area contributed by atoms with E-state index in [0.29, 0.717) is 17.5 Å². The number of fused-ring (bicyclic) bond motifs is 3. The van der Waals surface area contributed by atoms with Crippen LogP contribution in [0.1, 0.15) is 12.5 Å². The van der Waals surface area contributed by atoms with Crippen molar-refractivity contribution in [2.24, 2.45) is 0 Å². The summed E-state index contributed by atoms with van der Waals surface area (Å²) in [4.78, 5) is 19.2. The van der Waals surface area contributed by atoms with Gasteiger partial charge < -0.3 is 4.42 Å². The lowest BCUT2D eigenvalue weighted by atomic mass is 9.96. The normalized spacial score (nSPS) is 11.3. The van der Waals surface area contributed by atoms with Crippen LogP contribution in [0.4, 0.5) is 0 Å². The fraction of sp³-hybridized carbons (Fsp3) is 0.0588. The number of para-hydroxylation sites is 1. The standard InChI is InChI=1S/C34H24N4O/c1-2-22-21-35-18-17-26(22)25-19-28-27-15-9-10-16-30(27)39-31(28)29(20-25)34-37-32(23-11-5-3-6-12-23)36-33(38-34)24-13-7-4-8-14-24/h3-21H,2H2,1H3. The molecule has 5 nitrogen and oxygen atoms in total. The van der Waals surface area contributed by atoms with Gasteiger partial charge in [0.25, 0.3) is 0 Å². The minimum absolute atomic E-state index is 0.570. The number of benzene rings is 4. The molecule has 3 aromatic heterocycles. The van der Waals surface area contributed by atoms with E-state index < -0.39 is 0 Å². The number of hydrogen-bond donors (Lipinski definition) is 0. The van der Waals surface area contributed by atoms with E-state index in [1.807, 2.05) is 91.3 Å². The average molecular weight is 505 g/mol. The summed E-state index contributed by atoms with van der Waals surface area (Å²) in [6.07, 6.45) is 4.66. The highest BCUT2D eigenvalue weighted by molar-refractivity contribution is 6.11. The number of aromatic nitrogens is 4. The second kappa shape index (κ2) is 9.62. The molecule has 4 aromatic carbocycles. The van der Waals surface area contributed by atoms with Crippen molar-refractivity contribution < 1.29 is 4.42 Å². The van der Waals surface area contributed by atoms with E-state index in [0.717, 1.165) is 56.2 Å². The maximum atomic E-state index is 6.46. The van der Waals surface area contributed by atoms with Crippen LogP contribution in [-0.4, -0.2) is 19.9 Å². The first-order valence-electron chi connectivity index (χ1n) is 13.0. The van der Waals surface area contributed by atoms with Crippen molar-refractivity contribution in [2.45, 2.75) is 13.3 Å². The first-order chi connectivity index (χ1) is 19.3. The van der Waals surface area contributed by atoms with Gasteiger partial charge in [-0.15, -0.1) is 0 Å². The fourth-order valence-electron chi connectivity index (χ4n) is 5.07. The van der Waals surface area contributed by atoms with Gasteiger partial charge in [0.15, 0.2) is 17.5 Å². The first-order valence-corrected chi connectivity index (χ1v) is 13.0. The molecule has 7 rings (SSSR count). The van der Waals surface area contributed by atoms with Gasteiger partial charge in [-0.1, -0.05) is 85.8 Å². The van der Waals surface area contributed by atoms with Crippen molar-refractivity contribution >= 4 is 21.9 Å². The number of rotatable bonds is 5. The molecule has 0 unspecified atom stereocenters. The Balaban J connectivity index is 1.56. The molecular weight excluding hydrogens is 480 g/mol. The molecule has 5 heteroatoms. The highest BCUT2D eigenvalue weighted by Crippen LogP contribution is 2.40. The van der Waals surface area contributed by atoms with Gasteiger partial charge in [-0.25, -0.2) is 15.0 Å². The minimum Gasteiger partial charge on any atom is -0.455 e. The topological polar surface area (TPSA) is 64.7 Å². The van der Waals surface area contributed by atoms with Gasteiger partial charge in [-0.3, -0.25) is 4.98 Å². The summed E-state index contributed by atoms with van der Waals surface area (Å²) >= 11 is 0. The third kappa shape index (κ3) is 4.14. The molecule has 0 atom stereocenters. The van der Waals surface area contributed by atoms with Gasteiger partial charge >= 0.3 is 0 Å². The van der Waals surface area contributed by atoms with E-state index in [1.165, 1.54) is 5.56 Å². The van der Waals surface area contributed by atoms with Crippen LogP contribution in [0.25, 0.3) is 67.2 Å². The summed E-state index contributed by atoms with van der Waals surface area (Å²) in [6.45, 7) is 2.15. The third-order valence-corrected chi connectivity index (χ3v) is 7.01. The molecule has 186 valence electrons. The first kappa shape index (κ1) is 23.0. The van der Waals surface area contributed by atoms with Crippen LogP contribution in [0.2, 0.25) is 0 Å². The lowest BCUT2D eigenvalue weighted by Gasteiger charge is -2.12. The Hall–Kier alpha value is -5.16. The number of furan rings is 1. The second-order valence-corrected chi connectivity index (χ2v) is 9.42. The Morgan fingerprint density at radius 1 is 0.590 bits per heavy atom. The average Bonchev–Trinajstić information content (AvgIpc) is 3.40. The van der Waals surface area contributed by atoms with Crippen LogP contribution >= 0.6 is 0 Å². The third-order valence-electron chi connectivity index (χ3n) is 7.01. The second-order valence-electron chi connectivity index (χ2n) is 9.42. The van der Waals surface area contributed by atoms with Crippen molar-refractivity contribution in [3.8, 4) is 45.3 Å². The number of nitrogens with zero attached hydrogens (tertiary/aromatic N) is 4. The van der Waals surface area contributed by atoms with Gasteiger partial charge in [0.1, 0.15) is 11.2 Å². The van der Waals surface area contributed by atoms with Crippen molar-refractivity contribution in [3.63, 3.8) is 0 Å². The Kier molecular flexibility index (Phi) is 5.67. The van der Waals surface area contributed by atoms with E-state index in [4.69, 9.17) is 19.4 Å². The summed E-state index contributed by atoms with van der Waals surface area (Å²) in [5.74, 6) is 1.81. The molecule has 0 aliphatic rings. The largest absolute Gasteiger partial charge is 0.455 e. The SMILES string of the molecule is CCc1cnccc1-c1cc(-c2nc(-c3ccccc3)nc(-c3ccccc3)n2)c2oc3ccccc3c2c1. The number of hydrogen-bond acceptors (Lipinski definition) is 5. The number of aryl methyl sites for hydroxylation is 1. The Labute approximate surface area is 225 Å². The predicted molar refractivity (Wildman–Crippen MR) is 156 cm³/mol. The van der Waals surface area contributed by atoms with E-state index in [1.54, 1.807) is 0 Å². The monoisotopic (exact) mass is 504 g/mol. The maximum absolute atomic E-state index is 6.46. The summed E-state index contributed by atoms with van der Waals surface area (Å²) in [7, 11) is 0. The molecular formula is C34H24N4O. The van der Waals surface area contributed by atoms with Crippen LogP contribution in [0.5, 0.6) is 0 Å². The summed E-state index contributed by atoms with van der Waals surface area (Å²) in [6, 6.07) is 34.6. The predicted octanol–water partition coefficient (Wildman–Crippen LogP) is 8.40. The van der Waals surface area contributed by atoms with Crippen molar-refractivity contribution in [2.75, 3.05) is 0 Å². The summed E-state index contributed by atoms with van der Waals surface area (Å²) < 4.78 is 6.46. The molecule has 0 saturated heterocycles. The number of pyridine rings is 1. The Bertz CT molecular complexity index is 1890. The fourth-order valence-corrected chi connectivity index (χ4v) is 5.07. The molecule has 0 fully saturated rings. The summed E-state index contributed by atoms with van der Waals surface area (Å²) in [5.41, 5.74) is 7.67. The van der Waals surface area contributed by atoms with E-state index in [2.05, 4.69) is 36.2 Å². The van der Waals surface area contributed by atoms with E-state index in [9.17, 15) is 0 Å². The van der Waals surface area contributed by atoms with E-state index in [-0.39, 0.29) is 0 Å². The molecule has 0 radical (unpaired) electrons. The molecule has 3 heterocycles. The molecule has 0 aliphatic carbocycles. The molecule has 0 bridgehead atoms. The quantitative estimate of drug-likeness (QED) is 0.235. The Morgan fingerprint density at radius 3 is 1.92 bits per heavy atom. The van der Waals surface area contributed by atoms with Crippen LogP contribution in [0.3, 0.4) is 0 Å². The van der Waals surface area contributed by atoms with E-state index >= 15 is 0 Å². The van der Waals surface area contributed by atoms with Crippen LogP contribution in [0, 0.1) is 0 Å². The zero-order chi connectivity index (χ0) is 26.2. The molecule has 0 amide bonds. The lowest BCUT2D eigenvalue weighted by Crippen LogP contribution is -2.00. The van der Waals surface area contributed by atoms with Crippen molar-refractivity contribution in [1.29, 1.82) is 0 Å². The molecule has 0 spiro atoms. The zero-order valence-corrected chi connectivity index (χ0v) is 21.4. The zero-order valence-electron chi connectivity index (χ0n) is 21.4. The Morgan fingerprint density at radius 2 is 1.23 bits per heavy atom. The minimum atomic E-state index is 0.570. The van der Waals surface area contributed by atoms with Gasteiger partial charge in [-0.05, 0) is 47.4 Å². The van der Waals surface area contributed by atoms with Gasteiger partial charge in [0.2, 0.25) is 0 Å².